The molecule has 0 bridgehead atoms. The van der Waals surface area contributed by atoms with Gasteiger partial charge in [0.2, 0.25) is 11.8 Å². The second-order valence-electron chi connectivity index (χ2n) is 6.58. The summed E-state index contributed by atoms with van der Waals surface area (Å²) in [6, 6.07) is 6.28. The minimum atomic E-state index is -0.525. The standard InChI is InChI=1S/C19H26ClN3O4/c1-3-27-19(26)16-6-4-5-11-23(16)18(25)13-22(2)12-17(24)21-15-9-7-14(20)8-10-15/h7-10,16H,3-6,11-13H2,1-2H3,(H,21,24)/t16-/m1/s1. The van der Waals surface area contributed by atoms with Gasteiger partial charge in [-0.05, 0) is 57.5 Å². The van der Waals surface area contributed by atoms with E-state index in [4.69, 9.17) is 16.3 Å². The van der Waals surface area contributed by atoms with Crippen LogP contribution in [0.2, 0.25) is 5.02 Å². The zero-order chi connectivity index (χ0) is 19.8. The van der Waals surface area contributed by atoms with Gasteiger partial charge in [-0.2, -0.15) is 0 Å². The first kappa shape index (κ1) is 21.2. The van der Waals surface area contributed by atoms with E-state index in [2.05, 4.69) is 5.32 Å². The van der Waals surface area contributed by atoms with Gasteiger partial charge in [0, 0.05) is 17.3 Å². The number of hydrogen-bond acceptors (Lipinski definition) is 5. The van der Waals surface area contributed by atoms with Crippen LogP contribution in [0.4, 0.5) is 5.69 Å². The zero-order valence-corrected chi connectivity index (χ0v) is 16.5. The predicted molar refractivity (Wildman–Crippen MR) is 104 cm³/mol. The van der Waals surface area contributed by atoms with Crippen molar-refractivity contribution < 1.29 is 19.1 Å². The molecule has 1 saturated heterocycles. The summed E-state index contributed by atoms with van der Waals surface area (Å²) in [5.41, 5.74) is 0.641. The van der Waals surface area contributed by atoms with E-state index < -0.39 is 6.04 Å². The first-order valence-corrected chi connectivity index (χ1v) is 9.48. The monoisotopic (exact) mass is 395 g/mol. The van der Waals surface area contributed by atoms with E-state index in [1.165, 1.54) is 0 Å². The number of amides is 2. The van der Waals surface area contributed by atoms with Gasteiger partial charge in [0.05, 0.1) is 19.7 Å². The van der Waals surface area contributed by atoms with Crippen molar-refractivity contribution in [3.8, 4) is 0 Å². The summed E-state index contributed by atoms with van der Waals surface area (Å²) in [5.74, 6) is -0.753. The van der Waals surface area contributed by atoms with Crippen molar-refractivity contribution >= 4 is 35.1 Å². The van der Waals surface area contributed by atoms with Crippen LogP contribution in [0.1, 0.15) is 26.2 Å². The molecule has 1 aromatic rings. The maximum absolute atomic E-state index is 12.6. The van der Waals surface area contributed by atoms with E-state index in [1.807, 2.05) is 0 Å². The van der Waals surface area contributed by atoms with Crippen molar-refractivity contribution in [2.45, 2.75) is 32.2 Å². The minimum Gasteiger partial charge on any atom is -0.464 e. The first-order valence-electron chi connectivity index (χ1n) is 9.10. The number of piperidine rings is 1. The quantitative estimate of drug-likeness (QED) is 0.716. The fourth-order valence-electron chi connectivity index (χ4n) is 3.07. The molecule has 0 aromatic heterocycles. The molecule has 2 rings (SSSR count). The van der Waals surface area contributed by atoms with Gasteiger partial charge in [-0.25, -0.2) is 4.79 Å². The van der Waals surface area contributed by atoms with E-state index in [0.29, 0.717) is 30.3 Å². The lowest BCUT2D eigenvalue weighted by Gasteiger charge is -2.35. The molecule has 0 unspecified atom stereocenters. The van der Waals surface area contributed by atoms with E-state index >= 15 is 0 Å². The number of benzene rings is 1. The Morgan fingerprint density at radius 1 is 1.22 bits per heavy atom. The summed E-state index contributed by atoms with van der Waals surface area (Å²) in [7, 11) is 1.70. The Balaban J connectivity index is 1.86. The van der Waals surface area contributed by atoms with Crippen molar-refractivity contribution in [3.05, 3.63) is 29.3 Å². The van der Waals surface area contributed by atoms with Crippen LogP contribution in [0.5, 0.6) is 0 Å². The van der Waals surface area contributed by atoms with Crippen LogP contribution in [0, 0.1) is 0 Å². The Kier molecular flexibility index (Phi) is 8.06. The van der Waals surface area contributed by atoms with Gasteiger partial charge < -0.3 is 15.0 Å². The van der Waals surface area contributed by atoms with Crippen LogP contribution in [0.15, 0.2) is 24.3 Å². The Morgan fingerprint density at radius 3 is 2.59 bits per heavy atom. The third kappa shape index (κ3) is 6.52. The molecule has 1 heterocycles. The summed E-state index contributed by atoms with van der Waals surface area (Å²) in [6.45, 7) is 2.70. The van der Waals surface area contributed by atoms with Crippen LogP contribution in [0.3, 0.4) is 0 Å². The fraction of sp³-hybridized carbons (Fsp3) is 0.526. The van der Waals surface area contributed by atoms with Gasteiger partial charge in [0.1, 0.15) is 6.04 Å². The molecule has 148 valence electrons. The highest BCUT2D eigenvalue weighted by Gasteiger charge is 2.33. The molecule has 7 nitrogen and oxygen atoms in total. The van der Waals surface area contributed by atoms with Crippen molar-refractivity contribution in [3.63, 3.8) is 0 Å². The Morgan fingerprint density at radius 2 is 1.93 bits per heavy atom. The number of carbonyl (C=O) groups excluding carboxylic acids is 3. The summed E-state index contributed by atoms with van der Waals surface area (Å²) in [5, 5.41) is 3.35. The molecule has 1 aliphatic rings. The number of ether oxygens (including phenoxy) is 1. The van der Waals surface area contributed by atoms with Gasteiger partial charge in [0.15, 0.2) is 0 Å². The SMILES string of the molecule is CCOC(=O)[C@H]1CCCCN1C(=O)CN(C)CC(=O)Nc1ccc(Cl)cc1. The number of likely N-dealkylation sites (tertiary alicyclic amines) is 1. The number of nitrogens with one attached hydrogen (secondary N) is 1. The maximum Gasteiger partial charge on any atom is 0.328 e. The lowest BCUT2D eigenvalue weighted by molar-refractivity contribution is -0.157. The van der Waals surface area contributed by atoms with Crippen molar-refractivity contribution in [2.75, 3.05) is 38.6 Å². The largest absolute Gasteiger partial charge is 0.464 e. The molecule has 1 fully saturated rings. The van der Waals surface area contributed by atoms with Crippen molar-refractivity contribution in [2.24, 2.45) is 0 Å². The van der Waals surface area contributed by atoms with Crippen molar-refractivity contribution in [1.82, 2.24) is 9.80 Å². The predicted octanol–water partition coefficient (Wildman–Crippen LogP) is 2.15. The smallest absolute Gasteiger partial charge is 0.328 e. The molecular formula is C19H26ClN3O4. The number of nitrogens with zero attached hydrogens (tertiary/aromatic N) is 2. The Hall–Kier alpha value is -2.12. The molecule has 0 aliphatic carbocycles. The normalized spacial score (nSPS) is 16.9. The first-order chi connectivity index (χ1) is 12.9. The Labute approximate surface area is 164 Å². The number of hydrogen-bond donors (Lipinski definition) is 1. The highest BCUT2D eigenvalue weighted by atomic mass is 35.5. The number of anilines is 1. The number of halogens is 1. The van der Waals surface area contributed by atoms with Gasteiger partial charge >= 0.3 is 5.97 Å². The van der Waals surface area contributed by atoms with E-state index in [9.17, 15) is 14.4 Å². The molecule has 0 spiro atoms. The van der Waals surface area contributed by atoms with Gasteiger partial charge in [-0.15, -0.1) is 0 Å². The molecule has 1 aromatic carbocycles. The highest BCUT2D eigenvalue weighted by Crippen LogP contribution is 2.19. The van der Waals surface area contributed by atoms with Gasteiger partial charge in [-0.1, -0.05) is 11.6 Å². The second-order valence-corrected chi connectivity index (χ2v) is 7.01. The third-order valence-corrected chi connectivity index (χ3v) is 4.58. The van der Waals surface area contributed by atoms with Gasteiger partial charge in [-0.3, -0.25) is 14.5 Å². The molecule has 8 heteroatoms. The average molecular weight is 396 g/mol. The van der Waals surface area contributed by atoms with Crippen LogP contribution in [-0.2, 0) is 19.1 Å². The van der Waals surface area contributed by atoms with Crippen LogP contribution >= 0.6 is 11.6 Å². The number of rotatable bonds is 7. The summed E-state index contributed by atoms with van der Waals surface area (Å²) in [4.78, 5) is 40.1. The molecule has 0 radical (unpaired) electrons. The average Bonchev–Trinajstić information content (AvgIpc) is 2.63. The molecule has 1 N–H and O–H groups in total. The van der Waals surface area contributed by atoms with E-state index in [0.717, 1.165) is 12.8 Å². The Bertz CT molecular complexity index is 665. The molecule has 0 saturated carbocycles. The lowest BCUT2D eigenvalue weighted by Crippen LogP contribution is -2.51. The summed E-state index contributed by atoms with van der Waals surface area (Å²) in [6.07, 6.45) is 2.38. The van der Waals surface area contributed by atoms with E-state index in [1.54, 1.807) is 48.0 Å². The second kappa shape index (κ2) is 10.3. The van der Waals surface area contributed by atoms with Gasteiger partial charge in [0.25, 0.3) is 0 Å². The number of esters is 1. The topological polar surface area (TPSA) is 79.0 Å². The summed E-state index contributed by atoms with van der Waals surface area (Å²) < 4.78 is 5.09. The fourth-order valence-corrected chi connectivity index (χ4v) is 3.20. The third-order valence-electron chi connectivity index (χ3n) is 4.33. The van der Waals surface area contributed by atoms with Crippen LogP contribution in [0.25, 0.3) is 0 Å². The zero-order valence-electron chi connectivity index (χ0n) is 15.7. The highest BCUT2D eigenvalue weighted by molar-refractivity contribution is 6.30. The molecular weight excluding hydrogens is 370 g/mol. The van der Waals surface area contributed by atoms with Crippen molar-refractivity contribution in [1.29, 1.82) is 0 Å². The molecule has 1 aliphatic heterocycles. The molecule has 1 atom stereocenters. The maximum atomic E-state index is 12.6. The number of likely N-dealkylation sites (N-methyl/N-ethyl adjacent to an activating group) is 1. The van der Waals surface area contributed by atoms with Crippen LogP contribution < -0.4 is 5.32 Å². The molecule has 27 heavy (non-hydrogen) atoms. The lowest BCUT2D eigenvalue weighted by atomic mass is 10.0. The van der Waals surface area contributed by atoms with Crippen LogP contribution in [-0.4, -0.2) is 66.9 Å². The summed E-state index contributed by atoms with van der Waals surface area (Å²) >= 11 is 5.82. The van der Waals surface area contributed by atoms with E-state index in [-0.39, 0.29) is 30.9 Å². The molecule has 2 amide bonds. The minimum absolute atomic E-state index is 0.0595. The number of carbonyl (C=O) groups is 3.